The predicted molar refractivity (Wildman–Crippen MR) is 94.4 cm³/mol. The summed E-state index contributed by atoms with van der Waals surface area (Å²) in [6.07, 6.45) is 2.97. The van der Waals surface area contributed by atoms with Gasteiger partial charge in [0.1, 0.15) is 17.4 Å². The first-order valence-corrected chi connectivity index (χ1v) is 8.17. The third-order valence-electron chi connectivity index (χ3n) is 4.15. The molecule has 0 spiro atoms. The summed E-state index contributed by atoms with van der Waals surface area (Å²) < 4.78 is 31.9. The van der Waals surface area contributed by atoms with E-state index < -0.39 is 11.6 Å². The average molecular weight is 348 g/mol. The molecule has 0 amide bonds. The van der Waals surface area contributed by atoms with Crippen molar-refractivity contribution in [2.45, 2.75) is 25.3 Å². The van der Waals surface area contributed by atoms with E-state index in [-0.39, 0.29) is 11.7 Å². The van der Waals surface area contributed by atoms with Gasteiger partial charge in [-0.25, -0.2) is 8.78 Å². The van der Waals surface area contributed by atoms with Crippen molar-refractivity contribution in [3.8, 4) is 5.75 Å². The normalized spacial score (nSPS) is 16.2. The first kappa shape index (κ1) is 16.6. The molecule has 0 bridgehead atoms. The second kappa shape index (κ2) is 7.13. The number of anilines is 1. The SMILES string of the molecule is COc1ccc2c(c1)CCC[C@@H]2NC(=S)Nc1ccc(F)cc1F. The summed E-state index contributed by atoms with van der Waals surface area (Å²) in [5.74, 6) is -0.455. The fourth-order valence-corrected chi connectivity index (χ4v) is 3.23. The van der Waals surface area contributed by atoms with Crippen LogP contribution in [-0.2, 0) is 6.42 Å². The van der Waals surface area contributed by atoms with Gasteiger partial charge in [0.2, 0.25) is 0 Å². The molecule has 3 rings (SSSR count). The molecule has 0 heterocycles. The number of hydrogen-bond acceptors (Lipinski definition) is 2. The third kappa shape index (κ3) is 3.64. The fourth-order valence-electron chi connectivity index (χ4n) is 2.98. The van der Waals surface area contributed by atoms with Crippen molar-refractivity contribution >= 4 is 23.0 Å². The number of ether oxygens (including phenoxy) is 1. The summed E-state index contributed by atoms with van der Waals surface area (Å²) in [7, 11) is 1.65. The highest BCUT2D eigenvalue weighted by molar-refractivity contribution is 7.80. The molecule has 126 valence electrons. The van der Waals surface area contributed by atoms with Gasteiger partial charge < -0.3 is 15.4 Å². The minimum atomic E-state index is -0.673. The Morgan fingerprint density at radius 3 is 2.79 bits per heavy atom. The molecule has 24 heavy (non-hydrogen) atoms. The summed E-state index contributed by atoms with van der Waals surface area (Å²) >= 11 is 5.28. The second-order valence-corrected chi connectivity index (χ2v) is 6.14. The maximum absolute atomic E-state index is 13.7. The van der Waals surface area contributed by atoms with E-state index in [0.717, 1.165) is 31.1 Å². The van der Waals surface area contributed by atoms with Crippen LogP contribution in [-0.4, -0.2) is 12.2 Å². The van der Waals surface area contributed by atoms with E-state index in [0.29, 0.717) is 5.11 Å². The lowest BCUT2D eigenvalue weighted by Gasteiger charge is -2.28. The zero-order valence-corrected chi connectivity index (χ0v) is 14.1. The van der Waals surface area contributed by atoms with Gasteiger partial charge in [0, 0.05) is 6.07 Å². The number of halogens is 2. The Balaban J connectivity index is 1.71. The van der Waals surface area contributed by atoms with Gasteiger partial charge in [-0.3, -0.25) is 0 Å². The largest absolute Gasteiger partial charge is 0.497 e. The van der Waals surface area contributed by atoms with Crippen molar-refractivity contribution in [3.63, 3.8) is 0 Å². The molecule has 1 aliphatic carbocycles. The Morgan fingerprint density at radius 1 is 1.21 bits per heavy atom. The summed E-state index contributed by atoms with van der Waals surface area (Å²) in [6, 6.07) is 9.41. The molecular formula is C18H18F2N2OS. The number of methoxy groups -OCH3 is 1. The van der Waals surface area contributed by atoms with Crippen LogP contribution in [0.1, 0.15) is 30.0 Å². The van der Waals surface area contributed by atoms with Crippen molar-refractivity contribution in [2.75, 3.05) is 12.4 Å². The lowest BCUT2D eigenvalue weighted by atomic mass is 9.87. The fraction of sp³-hybridized carbons (Fsp3) is 0.278. The van der Waals surface area contributed by atoms with Gasteiger partial charge in [-0.1, -0.05) is 6.07 Å². The number of hydrogen-bond donors (Lipinski definition) is 2. The molecule has 0 aliphatic heterocycles. The molecule has 1 aliphatic rings. The quantitative estimate of drug-likeness (QED) is 0.809. The number of nitrogens with one attached hydrogen (secondary N) is 2. The maximum atomic E-state index is 13.7. The zero-order valence-electron chi connectivity index (χ0n) is 13.2. The van der Waals surface area contributed by atoms with E-state index in [9.17, 15) is 8.78 Å². The van der Waals surface area contributed by atoms with Gasteiger partial charge in [0.15, 0.2) is 5.11 Å². The minimum absolute atomic E-state index is 0.0585. The monoisotopic (exact) mass is 348 g/mol. The molecule has 0 saturated heterocycles. The molecule has 0 unspecified atom stereocenters. The highest BCUT2D eigenvalue weighted by atomic mass is 32.1. The van der Waals surface area contributed by atoms with Crippen LogP contribution in [0.3, 0.4) is 0 Å². The lowest BCUT2D eigenvalue weighted by molar-refractivity contribution is 0.412. The average Bonchev–Trinajstić information content (AvgIpc) is 2.57. The minimum Gasteiger partial charge on any atom is -0.497 e. The Kier molecular flexibility index (Phi) is 4.94. The summed E-state index contributed by atoms with van der Waals surface area (Å²) in [6.45, 7) is 0. The predicted octanol–water partition coefficient (Wildman–Crippen LogP) is 4.34. The van der Waals surface area contributed by atoms with Crippen LogP contribution in [0.15, 0.2) is 36.4 Å². The summed E-state index contributed by atoms with van der Waals surface area (Å²) in [5, 5.41) is 6.33. The summed E-state index contributed by atoms with van der Waals surface area (Å²) in [4.78, 5) is 0. The van der Waals surface area contributed by atoms with E-state index >= 15 is 0 Å². The van der Waals surface area contributed by atoms with E-state index in [2.05, 4.69) is 10.6 Å². The zero-order chi connectivity index (χ0) is 17.1. The highest BCUT2D eigenvalue weighted by Gasteiger charge is 2.21. The van der Waals surface area contributed by atoms with Crippen LogP contribution in [0, 0.1) is 11.6 Å². The third-order valence-corrected chi connectivity index (χ3v) is 4.37. The summed E-state index contributed by atoms with van der Waals surface area (Å²) in [5.41, 5.74) is 2.55. The van der Waals surface area contributed by atoms with Crippen LogP contribution in [0.25, 0.3) is 0 Å². The second-order valence-electron chi connectivity index (χ2n) is 5.73. The Labute approximate surface area is 145 Å². The smallest absolute Gasteiger partial charge is 0.171 e. The maximum Gasteiger partial charge on any atom is 0.171 e. The van der Waals surface area contributed by atoms with Crippen molar-refractivity contribution in [3.05, 3.63) is 59.2 Å². The first-order valence-electron chi connectivity index (χ1n) is 7.76. The van der Waals surface area contributed by atoms with Crippen LogP contribution >= 0.6 is 12.2 Å². The van der Waals surface area contributed by atoms with Crippen molar-refractivity contribution < 1.29 is 13.5 Å². The van der Waals surface area contributed by atoms with Crippen molar-refractivity contribution in [1.29, 1.82) is 0 Å². The van der Waals surface area contributed by atoms with E-state index in [4.69, 9.17) is 17.0 Å². The van der Waals surface area contributed by atoms with Crippen LogP contribution in [0.4, 0.5) is 14.5 Å². The van der Waals surface area contributed by atoms with Crippen molar-refractivity contribution in [1.82, 2.24) is 5.32 Å². The van der Waals surface area contributed by atoms with Gasteiger partial charge >= 0.3 is 0 Å². The molecule has 0 radical (unpaired) electrons. The highest BCUT2D eigenvalue weighted by Crippen LogP contribution is 2.32. The topological polar surface area (TPSA) is 33.3 Å². The van der Waals surface area contributed by atoms with Gasteiger partial charge in [-0.05, 0) is 66.9 Å². The number of benzene rings is 2. The Morgan fingerprint density at radius 2 is 2.04 bits per heavy atom. The van der Waals surface area contributed by atoms with E-state index in [1.807, 2.05) is 18.2 Å². The number of thiocarbonyl (C=S) groups is 1. The molecule has 3 nitrogen and oxygen atoms in total. The molecule has 6 heteroatoms. The standard InChI is InChI=1S/C18H18F2N2OS/c1-23-13-6-7-14-11(9-13)3-2-4-16(14)21-18(24)22-17-8-5-12(19)10-15(17)20/h5-10,16H,2-4H2,1H3,(H2,21,22,24)/t16-/m0/s1. The van der Waals surface area contributed by atoms with Crippen LogP contribution in [0.2, 0.25) is 0 Å². The molecule has 0 saturated carbocycles. The number of aryl methyl sites for hydroxylation is 1. The first-order chi connectivity index (χ1) is 11.6. The van der Waals surface area contributed by atoms with Crippen LogP contribution in [0.5, 0.6) is 5.75 Å². The molecule has 2 aromatic carbocycles. The molecule has 0 fully saturated rings. The van der Waals surface area contributed by atoms with E-state index in [1.54, 1.807) is 7.11 Å². The van der Waals surface area contributed by atoms with Gasteiger partial charge in [-0.2, -0.15) is 0 Å². The number of fused-ring (bicyclic) bond motifs is 1. The Bertz CT molecular complexity index is 767. The van der Waals surface area contributed by atoms with Gasteiger partial charge in [0.05, 0.1) is 18.8 Å². The number of rotatable bonds is 3. The lowest BCUT2D eigenvalue weighted by Crippen LogP contribution is -2.34. The molecule has 2 aromatic rings. The van der Waals surface area contributed by atoms with Gasteiger partial charge in [0.25, 0.3) is 0 Å². The Hall–Kier alpha value is -2.21. The molecule has 2 N–H and O–H groups in total. The van der Waals surface area contributed by atoms with Crippen molar-refractivity contribution in [2.24, 2.45) is 0 Å². The van der Waals surface area contributed by atoms with Crippen LogP contribution < -0.4 is 15.4 Å². The molecular weight excluding hydrogens is 330 g/mol. The van der Waals surface area contributed by atoms with E-state index in [1.165, 1.54) is 23.3 Å². The van der Waals surface area contributed by atoms with Gasteiger partial charge in [-0.15, -0.1) is 0 Å². The molecule has 0 aromatic heterocycles. The molecule has 1 atom stereocenters.